The van der Waals surface area contributed by atoms with Crippen LogP contribution in [0.2, 0.25) is 0 Å². The molecule has 0 radical (unpaired) electrons. The molecule has 0 unspecified atom stereocenters. The van der Waals surface area contributed by atoms with Crippen LogP contribution in [0.4, 0.5) is 5.69 Å². The second-order valence-electron chi connectivity index (χ2n) is 3.95. The molecule has 2 N–H and O–H groups in total. The molecular formula is C14H17N3O. The number of amides is 1. The van der Waals surface area contributed by atoms with Gasteiger partial charge in [-0.15, -0.1) is 0 Å². The first-order chi connectivity index (χ1) is 8.67. The van der Waals surface area contributed by atoms with Crippen molar-refractivity contribution in [3.63, 3.8) is 0 Å². The maximum Gasteiger partial charge on any atom is 0.267 e. The smallest absolute Gasteiger partial charge is 0.267 e. The van der Waals surface area contributed by atoms with E-state index in [1.165, 1.54) is 6.20 Å². The molecule has 0 spiro atoms. The Morgan fingerprint density at radius 1 is 1.50 bits per heavy atom. The molecule has 18 heavy (non-hydrogen) atoms. The lowest BCUT2D eigenvalue weighted by molar-refractivity contribution is -0.112. The van der Waals surface area contributed by atoms with Crippen LogP contribution in [0.15, 0.2) is 36.0 Å². The molecule has 4 nitrogen and oxygen atoms in total. The molecule has 0 saturated heterocycles. The number of aryl methyl sites for hydroxylation is 1. The summed E-state index contributed by atoms with van der Waals surface area (Å²) in [6.45, 7) is 4.70. The van der Waals surface area contributed by atoms with Crippen LogP contribution in [-0.2, 0) is 4.79 Å². The fraction of sp³-hybridized carbons (Fsp3) is 0.286. The Morgan fingerprint density at radius 3 is 2.89 bits per heavy atom. The van der Waals surface area contributed by atoms with Crippen molar-refractivity contribution >= 4 is 11.6 Å². The Labute approximate surface area is 107 Å². The summed E-state index contributed by atoms with van der Waals surface area (Å²) in [4.78, 5) is 11.8. The highest BCUT2D eigenvalue weighted by Crippen LogP contribution is 2.10. The second-order valence-corrected chi connectivity index (χ2v) is 3.95. The summed E-state index contributed by atoms with van der Waals surface area (Å²) in [6.07, 6.45) is 2.39. The molecule has 0 bridgehead atoms. The summed E-state index contributed by atoms with van der Waals surface area (Å²) < 4.78 is 0. The highest BCUT2D eigenvalue weighted by Gasteiger charge is 2.08. The zero-order chi connectivity index (χ0) is 13.4. The molecule has 1 rings (SSSR count). The largest absolute Gasteiger partial charge is 0.390 e. The molecule has 1 amide bonds. The number of benzene rings is 1. The molecule has 1 aromatic carbocycles. The lowest BCUT2D eigenvalue weighted by atomic mass is 10.2. The van der Waals surface area contributed by atoms with E-state index in [1.807, 2.05) is 38.1 Å². The predicted octanol–water partition coefficient (Wildman–Crippen LogP) is 2.34. The maximum atomic E-state index is 11.8. The highest BCUT2D eigenvalue weighted by atomic mass is 16.1. The van der Waals surface area contributed by atoms with Crippen molar-refractivity contribution in [2.45, 2.75) is 20.3 Å². The Kier molecular flexibility index (Phi) is 5.46. The van der Waals surface area contributed by atoms with E-state index in [9.17, 15) is 4.79 Å². The average Bonchev–Trinajstić information content (AvgIpc) is 2.34. The monoisotopic (exact) mass is 243 g/mol. The minimum Gasteiger partial charge on any atom is -0.390 e. The van der Waals surface area contributed by atoms with Gasteiger partial charge >= 0.3 is 0 Å². The Hall–Kier alpha value is -2.28. The molecule has 0 aliphatic heterocycles. The summed E-state index contributed by atoms with van der Waals surface area (Å²) in [5, 5.41) is 14.5. The fourth-order valence-electron chi connectivity index (χ4n) is 1.39. The van der Waals surface area contributed by atoms with Crippen molar-refractivity contribution in [3.05, 3.63) is 41.6 Å². The summed E-state index contributed by atoms with van der Waals surface area (Å²) in [5.41, 5.74) is 1.82. The third kappa shape index (κ3) is 4.30. The van der Waals surface area contributed by atoms with Gasteiger partial charge in [-0.2, -0.15) is 5.26 Å². The molecule has 0 aliphatic carbocycles. The summed E-state index contributed by atoms with van der Waals surface area (Å²) in [6, 6.07) is 9.33. The fourth-order valence-corrected chi connectivity index (χ4v) is 1.39. The molecule has 4 heteroatoms. The number of anilines is 1. The summed E-state index contributed by atoms with van der Waals surface area (Å²) in [5.74, 6) is -0.397. The third-order valence-electron chi connectivity index (χ3n) is 2.28. The van der Waals surface area contributed by atoms with E-state index in [0.29, 0.717) is 5.69 Å². The normalized spacial score (nSPS) is 10.6. The lowest BCUT2D eigenvalue weighted by Gasteiger charge is -2.05. The van der Waals surface area contributed by atoms with Crippen molar-refractivity contribution in [3.8, 4) is 6.07 Å². The highest BCUT2D eigenvalue weighted by molar-refractivity contribution is 6.06. The first kappa shape index (κ1) is 13.8. The topological polar surface area (TPSA) is 64.9 Å². The van der Waals surface area contributed by atoms with E-state index in [1.54, 1.807) is 6.07 Å². The van der Waals surface area contributed by atoms with Gasteiger partial charge in [-0.3, -0.25) is 4.79 Å². The Morgan fingerprint density at radius 2 is 2.28 bits per heavy atom. The number of nitrogens with zero attached hydrogens (tertiary/aromatic N) is 1. The molecule has 0 atom stereocenters. The van der Waals surface area contributed by atoms with Crippen LogP contribution in [0.25, 0.3) is 0 Å². The van der Waals surface area contributed by atoms with Gasteiger partial charge in [0.05, 0.1) is 0 Å². The number of carbonyl (C=O) groups excluding carboxylic acids is 1. The van der Waals surface area contributed by atoms with Crippen LogP contribution in [0, 0.1) is 18.3 Å². The number of hydrogen-bond acceptors (Lipinski definition) is 3. The lowest BCUT2D eigenvalue weighted by Crippen LogP contribution is -2.17. The average molecular weight is 243 g/mol. The van der Waals surface area contributed by atoms with Crippen LogP contribution in [0.1, 0.15) is 18.9 Å². The van der Waals surface area contributed by atoms with Gasteiger partial charge in [-0.1, -0.05) is 19.1 Å². The van der Waals surface area contributed by atoms with Crippen LogP contribution in [0.5, 0.6) is 0 Å². The molecule has 94 valence electrons. The van der Waals surface area contributed by atoms with Gasteiger partial charge in [0.2, 0.25) is 0 Å². The minimum atomic E-state index is -0.397. The van der Waals surface area contributed by atoms with Crippen molar-refractivity contribution in [1.82, 2.24) is 5.32 Å². The number of hydrogen-bond donors (Lipinski definition) is 2. The molecule has 0 heterocycles. The zero-order valence-corrected chi connectivity index (χ0v) is 10.7. The van der Waals surface area contributed by atoms with Crippen molar-refractivity contribution in [1.29, 1.82) is 5.26 Å². The quantitative estimate of drug-likeness (QED) is 0.474. The first-order valence-electron chi connectivity index (χ1n) is 5.89. The summed E-state index contributed by atoms with van der Waals surface area (Å²) >= 11 is 0. The molecular weight excluding hydrogens is 226 g/mol. The van der Waals surface area contributed by atoms with Gasteiger partial charge < -0.3 is 10.6 Å². The zero-order valence-electron chi connectivity index (χ0n) is 10.7. The van der Waals surface area contributed by atoms with E-state index >= 15 is 0 Å². The second kappa shape index (κ2) is 7.13. The number of rotatable bonds is 5. The molecule has 0 aromatic heterocycles. The van der Waals surface area contributed by atoms with E-state index in [2.05, 4.69) is 10.6 Å². The van der Waals surface area contributed by atoms with Gasteiger partial charge in [-0.25, -0.2) is 0 Å². The standard InChI is InChI=1S/C14H17N3O/c1-3-7-16-10-12(9-15)14(18)17-13-6-4-5-11(2)8-13/h4-6,8,10,16H,3,7H2,1-2H3,(H,17,18)/b12-10-. The van der Waals surface area contributed by atoms with Crippen molar-refractivity contribution in [2.24, 2.45) is 0 Å². The van der Waals surface area contributed by atoms with Gasteiger partial charge in [0.15, 0.2) is 0 Å². The SMILES string of the molecule is CCCN/C=C(/C#N)C(=O)Nc1cccc(C)c1. The number of nitriles is 1. The molecule has 0 saturated carbocycles. The predicted molar refractivity (Wildman–Crippen MR) is 71.8 cm³/mol. The first-order valence-corrected chi connectivity index (χ1v) is 5.89. The van der Waals surface area contributed by atoms with Crippen LogP contribution in [-0.4, -0.2) is 12.5 Å². The van der Waals surface area contributed by atoms with Crippen LogP contribution >= 0.6 is 0 Å². The van der Waals surface area contributed by atoms with Crippen molar-refractivity contribution < 1.29 is 4.79 Å². The van der Waals surface area contributed by atoms with Gasteiger partial charge in [0, 0.05) is 18.4 Å². The van der Waals surface area contributed by atoms with E-state index in [0.717, 1.165) is 18.5 Å². The van der Waals surface area contributed by atoms with Gasteiger partial charge in [0.25, 0.3) is 5.91 Å². The molecule has 0 aliphatic rings. The number of nitrogens with one attached hydrogen (secondary N) is 2. The van der Waals surface area contributed by atoms with E-state index in [4.69, 9.17) is 5.26 Å². The molecule has 0 fully saturated rings. The maximum absolute atomic E-state index is 11.8. The molecule has 1 aromatic rings. The van der Waals surface area contributed by atoms with Gasteiger partial charge in [-0.05, 0) is 31.0 Å². The minimum absolute atomic E-state index is 0.0740. The van der Waals surface area contributed by atoms with E-state index in [-0.39, 0.29) is 5.57 Å². The van der Waals surface area contributed by atoms with Gasteiger partial charge in [0.1, 0.15) is 11.6 Å². The van der Waals surface area contributed by atoms with E-state index < -0.39 is 5.91 Å². The third-order valence-corrected chi connectivity index (χ3v) is 2.28. The Bertz CT molecular complexity index is 486. The van der Waals surface area contributed by atoms with Crippen LogP contribution < -0.4 is 10.6 Å². The number of carbonyl (C=O) groups is 1. The Balaban J connectivity index is 2.69. The van der Waals surface area contributed by atoms with Crippen molar-refractivity contribution in [2.75, 3.05) is 11.9 Å². The van der Waals surface area contributed by atoms with Crippen LogP contribution in [0.3, 0.4) is 0 Å². The summed E-state index contributed by atoms with van der Waals surface area (Å²) in [7, 11) is 0.